The second kappa shape index (κ2) is 6.94. The molecule has 6 heteroatoms. The van der Waals surface area contributed by atoms with Gasteiger partial charge in [-0.25, -0.2) is 10.4 Å². The fourth-order valence-electron chi connectivity index (χ4n) is 2.94. The summed E-state index contributed by atoms with van der Waals surface area (Å²) in [6.07, 6.45) is 0. The predicted octanol–water partition coefficient (Wildman–Crippen LogP) is 3.24. The fourth-order valence-corrected chi connectivity index (χ4v) is 2.94. The van der Waals surface area contributed by atoms with E-state index in [4.69, 9.17) is 4.74 Å². The van der Waals surface area contributed by atoms with E-state index < -0.39 is 0 Å². The van der Waals surface area contributed by atoms with Crippen molar-refractivity contribution in [2.45, 2.75) is 6.92 Å². The quantitative estimate of drug-likeness (QED) is 0.567. The van der Waals surface area contributed by atoms with Gasteiger partial charge in [0, 0.05) is 18.8 Å². The summed E-state index contributed by atoms with van der Waals surface area (Å²) in [5, 5.41) is 4.44. The number of para-hydroxylation sites is 2. The van der Waals surface area contributed by atoms with Crippen LogP contribution in [-0.4, -0.2) is 42.0 Å². The van der Waals surface area contributed by atoms with Crippen molar-refractivity contribution in [3.63, 3.8) is 0 Å². The molecule has 25 heavy (non-hydrogen) atoms. The highest BCUT2D eigenvalue weighted by molar-refractivity contribution is 5.99. The molecule has 0 bridgehead atoms. The summed E-state index contributed by atoms with van der Waals surface area (Å²) in [4.78, 5) is 10.0. The number of nitrogens with zero attached hydrogens (tertiary/aromatic N) is 3. The molecule has 4 rings (SSSR count). The van der Waals surface area contributed by atoms with Crippen LogP contribution in [-0.2, 0) is 4.74 Å². The molecule has 6 nitrogen and oxygen atoms in total. The van der Waals surface area contributed by atoms with Crippen molar-refractivity contribution in [3.8, 4) is 0 Å². The lowest BCUT2D eigenvalue weighted by Crippen LogP contribution is -2.36. The lowest BCUT2D eigenvalue weighted by Gasteiger charge is -2.28. The molecule has 3 aromatic rings. The Morgan fingerprint density at radius 1 is 1.12 bits per heavy atom. The minimum Gasteiger partial charge on any atom is -0.378 e. The first-order valence-corrected chi connectivity index (χ1v) is 8.48. The minimum absolute atomic E-state index is 0.644. The predicted molar refractivity (Wildman–Crippen MR) is 101 cm³/mol. The Labute approximate surface area is 146 Å². The first kappa shape index (κ1) is 15.7. The second-order valence-corrected chi connectivity index (χ2v) is 6.06. The van der Waals surface area contributed by atoms with Crippen LogP contribution >= 0.6 is 0 Å². The number of H-pyrrole nitrogens is 1. The molecule has 1 aliphatic rings. The highest BCUT2D eigenvalue weighted by Gasteiger charge is 2.11. The summed E-state index contributed by atoms with van der Waals surface area (Å²) in [5.41, 5.74) is 8.14. The number of morpholine rings is 1. The van der Waals surface area contributed by atoms with Crippen molar-refractivity contribution in [1.29, 1.82) is 0 Å². The Morgan fingerprint density at radius 2 is 1.88 bits per heavy atom. The number of hydrogen-bond donors (Lipinski definition) is 2. The molecular weight excluding hydrogens is 314 g/mol. The van der Waals surface area contributed by atoms with Crippen LogP contribution in [0.1, 0.15) is 12.5 Å². The van der Waals surface area contributed by atoms with Crippen LogP contribution in [0.15, 0.2) is 53.6 Å². The van der Waals surface area contributed by atoms with Gasteiger partial charge in [-0.1, -0.05) is 24.3 Å². The van der Waals surface area contributed by atoms with E-state index in [0.717, 1.165) is 48.6 Å². The van der Waals surface area contributed by atoms with Crippen LogP contribution < -0.4 is 10.3 Å². The molecule has 0 radical (unpaired) electrons. The molecule has 1 aliphatic heterocycles. The van der Waals surface area contributed by atoms with E-state index in [1.165, 1.54) is 5.69 Å². The summed E-state index contributed by atoms with van der Waals surface area (Å²) in [6, 6.07) is 16.4. The van der Waals surface area contributed by atoms with E-state index in [2.05, 4.69) is 49.7 Å². The van der Waals surface area contributed by atoms with Crippen LogP contribution in [0.4, 0.5) is 11.6 Å². The maximum Gasteiger partial charge on any atom is 0.222 e. The van der Waals surface area contributed by atoms with Gasteiger partial charge in [0.25, 0.3) is 0 Å². The number of hydrazone groups is 1. The largest absolute Gasteiger partial charge is 0.378 e. The Morgan fingerprint density at radius 3 is 2.64 bits per heavy atom. The Bertz CT molecular complexity index is 845. The third-order valence-corrected chi connectivity index (χ3v) is 4.38. The van der Waals surface area contributed by atoms with Crippen molar-refractivity contribution < 1.29 is 4.74 Å². The first-order valence-electron chi connectivity index (χ1n) is 8.48. The van der Waals surface area contributed by atoms with Gasteiger partial charge < -0.3 is 14.6 Å². The normalized spacial score (nSPS) is 15.6. The summed E-state index contributed by atoms with van der Waals surface area (Å²) in [6.45, 7) is 5.47. The van der Waals surface area contributed by atoms with Crippen molar-refractivity contribution in [2.24, 2.45) is 5.10 Å². The average Bonchev–Trinajstić information content (AvgIpc) is 3.10. The molecule has 0 spiro atoms. The van der Waals surface area contributed by atoms with Crippen LogP contribution in [0.2, 0.25) is 0 Å². The number of ether oxygens (including phenoxy) is 1. The summed E-state index contributed by atoms with van der Waals surface area (Å²) < 4.78 is 5.40. The van der Waals surface area contributed by atoms with E-state index in [-0.39, 0.29) is 0 Å². The number of rotatable bonds is 4. The number of anilines is 2. The average molecular weight is 335 g/mol. The Hall–Kier alpha value is -2.86. The molecule has 1 fully saturated rings. The monoisotopic (exact) mass is 335 g/mol. The van der Waals surface area contributed by atoms with E-state index in [9.17, 15) is 0 Å². The fraction of sp³-hybridized carbons (Fsp3) is 0.263. The molecule has 0 unspecified atom stereocenters. The van der Waals surface area contributed by atoms with E-state index >= 15 is 0 Å². The molecule has 0 aliphatic carbocycles. The molecule has 1 saturated heterocycles. The third-order valence-electron chi connectivity index (χ3n) is 4.38. The SMILES string of the molecule is CC(=NNc1nc2ccccc2[nH]1)c1ccc(N2CCOCC2)cc1. The van der Waals surface area contributed by atoms with Gasteiger partial charge >= 0.3 is 0 Å². The molecule has 1 aromatic heterocycles. The van der Waals surface area contributed by atoms with Gasteiger partial charge in [0.15, 0.2) is 0 Å². The highest BCUT2D eigenvalue weighted by Crippen LogP contribution is 2.17. The van der Waals surface area contributed by atoms with Gasteiger partial charge in [0.2, 0.25) is 5.95 Å². The zero-order valence-electron chi connectivity index (χ0n) is 14.2. The molecule has 0 atom stereocenters. The van der Waals surface area contributed by atoms with Gasteiger partial charge in [-0.3, -0.25) is 0 Å². The smallest absolute Gasteiger partial charge is 0.222 e. The number of aromatic nitrogens is 2. The van der Waals surface area contributed by atoms with Gasteiger partial charge in [0.05, 0.1) is 30.0 Å². The zero-order valence-corrected chi connectivity index (χ0v) is 14.2. The summed E-state index contributed by atoms with van der Waals surface area (Å²) >= 11 is 0. The van der Waals surface area contributed by atoms with Crippen molar-refractivity contribution >= 4 is 28.4 Å². The summed E-state index contributed by atoms with van der Waals surface area (Å²) in [5.74, 6) is 0.644. The number of hydrogen-bond acceptors (Lipinski definition) is 5. The first-order chi connectivity index (χ1) is 12.3. The Balaban J connectivity index is 1.45. The van der Waals surface area contributed by atoms with Crippen molar-refractivity contribution in [3.05, 3.63) is 54.1 Å². The Kier molecular flexibility index (Phi) is 4.35. The standard InChI is InChI=1S/C19H21N5O/c1-14(22-23-19-20-17-4-2-3-5-18(17)21-19)15-6-8-16(9-7-15)24-10-12-25-13-11-24/h2-9H,10-13H2,1H3,(H2,20,21,23). The van der Waals surface area contributed by atoms with Crippen LogP contribution in [0.25, 0.3) is 11.0 Å². The number of aromatic amines is 1. The van der Waals surface area contributed by atoms with Crippen LogP contribution in [0.5, 0.6) is 0 Å². The number of fused-ring (bicyclic) bond motifs is 1. The van der Waals surface area contributed by atoms with Gasteiger partial charge in [-0.15, -0.1) is 0 Å². The molecule has 2 aromatic carbocycles. The maximum atomic E-state index is 5.40. The number of nitrogens with one attached hydrogen (secondary N) is 2. The van der Waals surface area contributed by atoms with E-state index in [1.807, 2.05) is 31.2 Å². The summed E-state index contributed by atoms with van der Waals surface area (Å²) in [7, 11) is 0. The topological polar surface area (TPSA) is 65.5 Å². The van der Waals surface area contributed by atoms with Gasteiger partial charge in [-0.2, -0.15) is 5.10 Å². The van der Waals surface area contributed by atoms with E-state index in [1.54, 1.807) is 0 Å². The molecule has 2 N–H and O–H groups in total. The van der Waals surface area contributed by atoms with Gasteiger partial charge in [0.1, 0.15) is 0 Å². The highest BCUT2D eigenvalue weighted by atomic mass is 16.5. The molecule has 2 heterocycles. The van der Waals surface area contributed by atoms with E-state index in [0.29, 0.717) is 5.95 Å². The second-order valence-electron chi connectivity index (χ2n) is 6.06. The lowest BCUT2D eigenvalue weighted by atomic mass is 10.1. The van der Waals surface area contributed by atoms with Crippen LogP contribution in [0, 0.1) is 0 Å². The maximum absolute atomic E-state index is 5.40. The third kappa shape index (κ3) is 3.49. The number of imidazole rings is 1. The molecular formula is C19H21N5O. The van der Waals surface area contributed by atoms with Crippen molar-refractivity contribution in [2.75, 3.05) is 36.6 Å². The lowest BCUT2D eigenvalue weighted by molar-refractivity contribution is 0.122. The molecule has 128 valence electrons. The zero-order chi connectivity index (χ0) is 17.1. The molecule has 0 saturated carbocycles. The van der Waals surface area contributed by atoms with Crippen LogP contribution in [0.3, 0.4) is 0 Å². The van der Waals surface area contributed by atoms with Gasteiger partial charge in [-0.05, 0) is 36.8 Å². The number of benzene rings is 2. The van der Waals surface area contributed by atoms with Crippen molar-refractivity contribution in [1.82, 2.24) is 9.97 Å². The minimum atomic E-state index is 0.644. The molecule has 0 amide bonds.